The molecule has 0 saturated heterocycles. The molecule has 1 aromatic rings. The Balaban J connectivity index is 1.50. The third-order valence-electron chi connectivity index (χ3n) is 5.51. The SMILES string of the molecule is NC[C@]1(c2cccc(Cl)c2)CC[C@H](NC(=O)CNC(=O)C2CC2)CC1. The van der Waals surface area contributed by atoms with Crippen LogP contribution in [-0.2, 0) is 15.0 Å². The Morgan fingerprint density at radius 2 is 1.92 bits per heavy atom. The van der Waals surface area contributed by atoms with E-state index in [1.807, 2.05) is 18.2 Å². The number of hydrogen-bond acceptors (Lipinski definition) is 3. The van der Waals surface area contributed by atoms with Gasteiger partial charge in [-0.3, -0.25) is 9.59 Å². The van der Waals surface area contributed by atoms with Gasteiger partial charge in [-0.05, 0) is 56.2 Å². The van der Waals surface area contributed by atoms with Gasteiger partial charge in [-0.15, -0.1) is 0 Å². The summed E-state index contributed by atoms with van der Waals surface area (Å²) >= 11 is 6.14. The van der Waals surface area contributed by atoms with Crippen molar-refractivity contribution in [2.45, 2.75) is 50.0 Å². The Morgan fingerprint density at radius 1 is 1.20 bits per heavy atom. The van der Waals surface area contributed by atoms with Crippen LogP contribution in [0.5, 0.6) is 0 Å². The Kier molecular flexibility index (Phi) is 5.64. The van der Waals surface area contributed by atoms with Crippen LogP contribution in [0.15, 0.2) is 24.3 Å². The highest BCUT2D eigenvalue weighted by molar-refractivity contribution is 6.30. The first-order chi connectivity index (χ1) is 12.0. The molecule has 1 aromatic carbocycles. The summed E-state index contributed by atoms with van der Waals surface area (Å²) < 4.78 is 0. The molecule has 4 N–H and O–H groups in total. The zero-order chi connectivity index (χ0) is 17.9. The number of carbonyl (C=O) groups is 2. The first kappa shape index (κ1) is 18.2. The van der Waals surface area contributed by atoms with Crippen molar-refractivity contribution in [3.8, 4) is 0 Å². The van der Waals surface area contributed by atoms with E-state index in [9.17, 15) is 9.59 Å². The monoisotopic (exact) mass is 363 g/mol. The Hall–Kier alpha value is -1.59. The molecule has 0 atom stereocenters. The van der Waals surface area contributed by atoms with Crippen LogP contribution >= 0.6 is 11.6 Å². The van der Waals surface area contributed by atoms with Crippen LogP contribution in [0.25, 0.3) is 0 Å². The maximum absolute atomic E-state index is 12.0. The van der Waals surface area contributed by atoms with Crippen LogP contribution in [0.2, 0.25) is 5.02 Å². The predicted molar refractivity (Wildman–Crippen MR) is 98.3 cm³/mol. The molecule has 2 fully saturated rings. The number of rotatable bonds is 6. The van der Waals surface area contributed by atoms with Crippen molar-refractivity contribution in [1.29, 1.82) is 0 Å². The molecule has 0 spiro atoms. The molecular weight excluding hydrogens is 338 g/mol. The number of nitrogens with one attached hydrogen (secondary N) is 2. The summed E-state index contributed by atoms with van der Waals surface area (Å²) in [5.74, 6) is 0.0225. The third-order valence-corrected chi connectivity index (χ3v) is 5.74. The van der Waals surface area contributed by atoms with E-state index >= 15 is 0 Å². The summed E-state index contributed by atoms with van der Waals surface area (Å²) in [5, 5.41) is 6.47. The van der Waals surface area contributed by atoms with E-state index in [0.29, 0.717) is 6.54 Å². The second-order valence-electron chi connectivity index (χ2n) is 7.33. The molecule has 0 unspecified atom stereocenters. The standard InChI is InChI=1S/C19H26ClN3O2/c20-15-3-1-2-14(10-15)19(12-21)8-6-16(7-9-19)23-17(24)11-22-18(25)13-4-5-13/h1-3,10,13,16H,4-9,11-12,21H2,(H,22,25)(H,23,24)/t16-,19-. The topological polar surface area (TPSA) is 84.2 Å². The lowest BCUT2D eigenvalue weighted by Crippen LogP contribution is -2.47. The van der Waals surface area contributed by atoms with Gasteiger partial charge in [0.2, 0.25) is 11.8 Å². The van der Waals surface area contributed by atoms with Gasteiger partial charge in [0.05, 0.1) is 6.54 Å². The van der Waals surface area contributed by atoms with Crippen molar-refractivity contribution in [3.63, 3.8) is 0 Å². The van der Waals surface area contributed by atoms with Crippen molar-refractivity contribution in [2.75, 3.05) is 13.1 Å². The van der Waals surface area contributed by atoms with Crippen molar-refractivity contribution >= 4 is 23.4 Å². The highest BCUT2D eigenvalue weighted by atomic mass is 35.5. The highest BCUT2D eigenvalue weighted by Gasteiger charge is 2.36. The molecule has 0 aliphatic heterocycles. The number of benzene rings is 1. The molecule has 2 aliphatic rings. The van der Waals surface area contributed by atoms with Crippen LogP contribution in [0.3, 0.4) is 0 Å². The number of amides is 2. The summed E-state index contributed by atoms with van der Waals surface area (Å²) in [7, 11) is 0. The second kappa shape index (κ2) is 7.75. The first-order valence-electron chi connectivity index (χ1n) is 9.05. The quantitative estimate of drug-likeness (QED) is 0.723. The zero-order valence-corrected chi connectivity index (χ0v) is 15.1. The molecule has 2 saturated carbocycles. The van der Waals surface area contributed by atoms with Gasteiger partial charge in [-0.2, -0.15) is 0 Å². The van der Waals surface area contributed by atoms with E-state index in [1.54, 1.807) is 0 Å². The molecular formula is C19H26ClN3O2. The summed E-state index contributed by atoms with van der Waals surface area (Å²) in [4.78, 5) is 23.6. The maximum atomic E-state index is 12.0. The molecule has 3 rings (SSSR count). The Morgan fingerprint density at radius 3 is 2.52 bits per heavy atom. The fraction of sp³-hybridized carbons (Fsp3) is 0.579. The van der Waals surface area contributed by atoms with Gasteiger partial charge in [-0.25, -0.2) is 0 Å². The number of hydrogen-bond donors (Lipinski definition) is 3. The Bertz CT molecular complexity index is 637. The van der Waals surface area contributed by atoms with Crippen molar-refractivity contribution < 1.29 is 9.59 Å². The van der Waals surface area contributed by atoms with Gasteiger partial charge in [0.1, 0.15) is 0 Å². The first-order valence-corrected chi connectivity index (χ1v) is 9.43. The van der Waals surface area contributed by atoms with Crippen molar-refractivity contribution in [3.05, 3.63) is 34.9 Å². The van der Waals surface area contributed by atoms with Gasteiger partial charge in [0.25, 0.3) is 0 Å². The molecule has 5 nitrogen and oxygen atoms in total. The Labute approximate surface area is 153 Å². The van der Waals surface area contributed by atoms with E-state index in [2.05, 4.69) is 16.7 Å². The third kappa shape index (κ3) is 4.53. The zero-order valence-electron chi connectivity index (χ0n) is 14.4. The molecule has 136 valence electrons. The molecule has 2 aliphatic carbocycles. The van der Waals surface area contributed by atoms with Crippen molar-refractivity contribution in [2.24, 2.45) is 11.7 Å². The lowest BCUT2D eigenvalue weighted by atomic mass is 9.68. The molecule has 0 aromatic heterocycles. The minimum Gasteiger partial charge on any atom is -0.352 e. The van der Waals surface area contributed by atoms with Gasteiger partial charge in [-0.1, -0.05) is 23.7 Å². The molecule has 2 amide bonds. The smallest absolute Gasteiger partial charge is 0.239 e. The number of nitrogens with two attached hydrogens (primary N) is 1. The molecule has 0 heterocycles. The normalized spacial score (nSPS) is 26.1. The van der Waals surface area contributed by atoms with E-state index in [1.165, 1.54) is 5.56 Å². The maximum Gasteiger partial charge on any atom is 0.239 e. The predicted octanol–water partition coefficient (Wildman–Crippen LogP) is 2.12. The highest BCUT2D eigenvalue weighted by Crippen LogP contribution is 2.39. The van der Waals surface area contributed by atoms with E-state index in [-0.39, 0.29) is 35.7 Å². The van der Waals surface area contributed by atoms with Crippen LogP contribution in [0.1, 0.15) is 44.1 Å². The van der Waals surface area contributed by atoms with Gasteiger partial charge < -0.3 is 16.4 Å². The molecule has 0 radical (unpaired) electrons. The minimum absolute atomic E-state index is 0.00176. The lowest BCUT2D eigenvalue weighted by Gasteiger charge is -2.40. The van der Waals surface area contributed by atoms with Gasteiger partial charge in [0, 0.05) is 28.9 Å². The van der Waals surface area contributed by atoms with Crippen LogP contribution in [0, 0.1) is 5.92 Å². The van der Waals surface area contributed by atoms with E-state index < -0.39 is 0 Å². The average Bonchev–Trinajstić information content (AvgIpc) is 3.46. The van der Waals surface area contributed by atoms with E-state index in [0.717, 1.165) is 43.5 Å². The molecule has 6 heteroatoms. The fourth-order valence-corrected chi connectivity index (χ4v) is 3.87. The average molecular weight is 364 g/mol. The number of halogens is 1. The second-order valence-corrected chi connectivity index (χ2v) is 7.77. The fourth-order valence-electron chi connectivity index (χ4n) is 3.68. The summed E-state index contributed by atoms with van der Waals surface area (Å²) in [6.45, 7) is 0.646. The van der Waals surface area contributed by atoms with Gasteiger partial charge in [0.15, 0.2) is 0 Å². The van der Waals surface area contributed by atoms with Crippen LogP contribution in [0.4, 0.5) is 0 Å². The summed E-state index contributed by atoms with van der Waals surface area (Å²) in [6, 6.07) is 8.07. The molecule has 25 heavy (non-hydrogen) atoms. The van der Waals surface area contributed by atoms with E-state index in [4.69, 9.17) is 17.3 Å². The van der Waals surface area contributed by atoms with Crippen molar-refractivity contribution in [1.82, 2.24) is 10.6 Å². The summed E-state index contributed by atoms with van der Waals surface area (Å²) in [6.07, 6.45) is 5.49. The van der Waals surface area contributed by atoms with Gasteiger partial charge >= 0.3 is 0 Å². The number of carbonyl (C=O) groups excluding carboxylic acids is 2. The molecule has 0 bridgehead atoms. The largest absolute Gasteiger partial charge is 0.352 e. The minimum atomic E-state index is -0.109. The lowest BCUT2D eigenvalue weighted by molar-refractivity contribution is -0.127. The summed E-state index contributed by atoms with van der Waals surface area (Å²) in [5.41, 5.74) is 7.23. The van der Waals surface area contributed by atoms with Crippen LogP contribution < -0.4 is 16.4 Å². The van der Waals surface area contributed by atoms with Crippen LogP contribution in [-0.4, -0.2) is 30.9 Å².